The third kappa shape index (κ3) is 4.87. The largest absolute Gasteiger partial charge is 0.329 e. The number of halogens is 1. The van der Waals surface area contributed by atoms with Crippen LogP contribution in [0.5, 0.6) is 0 Å². The van der Waals surface area contributed by atoms with E-state index in [1.807, 2.05) is 6.92 Å². The Labute approximate surface area is 124 Å². The molecule has 6 heteroatoms. The molecule has 1 atom stereocenters. The molecule has 0 saturated carbocycles. The maximum Gasteiger partial charge on any atom is 0.241 e. The van der Waals surface area contributed by atoms with Gasteiger partial charge in [0.15, 0.2) is 0 Å². The van der Waals surface area contributed by atoms with E-state index in [4.69, 9.17) is 5.73 Å². The van der Waals surface area contributed by atoms with Crippen LogP contribution in [0.3, 0.4) is 0 Å². The molecule has 0 heterocycles. The predicted octanol–water partition coefficient (Wildman–Crippen LogP) is 2.55. The minimum atomic E-state index is -3.53. The fourth-order valence-electron chi connectivity index (χ4n) is 1.78. The Morgan fingerprint density at radius 2 is 2.11 bits per heavy atom. The van der Waals surface area contributed by atoms with Crippen LogP contribution in [-0.4, -0.2) is 21.0 Å². The summed E-state index contributed by atoms with van der Waals surface area (Å²) in [7, 11) is -3.53. The van der Waals surface area contributed by atoms with Crippen molar-refractivity contribution in [3.63, 3.8) is 0 Å². The standard InChI is InChI=1S/C13H21BrN2O2S/c1-3-4-5-11(9-15)16-19(17,18)13-7-6-10(2)8-12(13)14/h6-8,11,16H,3-5,9,15H2,1-2H3. The maximum atomic E-state index is 12.3. The van der Waals surface area contributed by atoms with Crippen LogP contribution in [0.4, 0.5) is 0 Å². The average molecular weight is 349 g/mol. The number of unbranched alkanes of at least 4 members (excludes halogenated alkanes) is 1. The van der Waals surface area contributed by atoms with Crippen LogP contribution >= 0.6 is 15.9 Å². The Hall–Kier alpha value is -0.430. The summed E-state index contributed by atoms with van der Waals surface area (Å²) in [6, 6.07) is 4.97. The second kappa shape index (κ2) is 7.38. The third-order valence-corrected chi connectivity index (χ3v) is 5.39. The van der Waals surface area contributed by atoms with Crippen molar-refractivity contribution in [2.24, 2.45) is 5.73 Å². The molecule has 0 amide bonds. The zero-order valence-corrected chi connectivity index (χ0v) is 13.7. The van der Waals surface area contributed by atoms with E-state index < -0.39 is 10.0 Å². The molecule has 0 aliphatic heterocycles. The van der Waals surface area contributed by atoms with Crippen molar-refractivity contribution >= 4 is 26.0 Å². The smallest absolute Gasteiger partial charge is 0.241 e. The minimum absolute atomic E-state index is 0.210. The molecule has 108 valence electrons. The SMILES string of the molecule is CCCCC(CN)NS(=O)(=O)c1ccc(C)cc1Br. The van der Waals surface area contributed by atoms with Gasteiger partial charge in [0.2, 0.25) is 10.0 Å². The summed E-state index contributed by atoms with van der Waals surface area (Å²) >= 11 is 3.30. The third-order valence-electron chi connectivity index (χ3n) is 2.89. The zero-order valence-electron chi connectivity index (χ0n) is 11.3. The molecule has 0 fully saturated rings. The second-order valence-corrected chi connectivity index (χ2v) is 7.17. The predicted molar refractivity (Wildman–Crippen MR) is 81.6 cm³/mol. The minimum Gasteiger partial charge on any atom is -0.329 e. The van der Waals surface area contributed by atoms with Gasteiger partial charge in [0.25, 0.3) is 0 Å². The van der Waals surface area contributed by atoms with Gasteiger partial charge in [-0.1, -0.05) is 25.8 Å². The van der Waals surface area contributed by atoms with Crippen molar-refractivity contribution in [2.75, 3.05) is 6.54 Å². The number of hydrogen-bond donors (Lipinski definition) is 2. The highest BCUT2D eigenvalue weighted by Crippen LogP contribution is 2.23. The fraction of sp³-hybridized carbons (Fsp3) is 0.538. The molecule has 0 aromatic heterocycles. The van der Waals surface area contributed by atoms with Crippen LogP contribution in [0.1, 0.15) is 31.7 Å². The van der Waals surface area contributed by atoms with Crippen molar-refractivity contribution in [1.82, 2.24) is 4.72 Å². The number of nitrogens with one attached hydrogen (secondary N) is 1. The van der Waals surface area contributed by atoms with E-state index in [9.17, 15) is 8.42 Å². The Morgan fingerprint density at radius 3 is 2.63 bits per heavy atom. The van der Waals surface area contributed by atoms with Gasteiger partial charge >= 0.3 is 0 Å². The topological polar surface area (TPSA) is 72.2 Å². The highest BCUT2D eigenvalue weighted by molar-refractivity contribution is 9.10. The van der Waals surface area contributed by atoms with Crippen LogP contribution < -0.4 is 10.5 Å². The Bertz CT molecular complexity index is 517. The molecule has 4 nitrogen and oxygen atoms in total. The van der Waals surface area contributed by atoms with Gasteiger partial charge in [0.05, 0.1) is 4.90 Å². The van der Waals surface area contributed by atoms with Gasteiger partial charge in [-0.15, -0.1) is 0 Å². The molecular formula is C13H21BrN2O2S. The van der Waals surface area contributed by atoms with Crippen molar-refractivity contribution in [3.8, 4) is 0 Å². The second-order valence-electron chi connectivity index (χ2n) is 4.63. The van der Waals surface area contributed by atoms with Gasteiger partial charge in [-0.3, -0.25) is 0 Å². The molecule has 1 unspecified atom stereocenters. The lowest BCUT2D eigenvalue weighted by molar-refractivity contribution is 0.516. The van der Waals surface area contributed by atoms with Crippen LogP contribution in [-0.2, 0) is 10.0 Å². The number of rotatable bonds is 7. The van der Waals surface area contributed by atoms with E-state index in [2.05, 4.69) is 27.6 Å². The van der Waals surface area contributed by atoms with Crippen molar-refractivity contribution in [3.05, 3.63) is 28.2 Å². The molecule has 0 radical (unpaired) electrons. The van der Waals surface area contributed by atoms with E-state index in [-0.39, 0.29) is 10.9 Å². The van der Waals surface area contributed by atoms with E-state index in [0.29, 0.717) is 11.0 Å². The molecule has 1 rings (SSSR count). The quantitative estimate of drug-likeness (QED) is 0.795. The molecular weight excluding hydrogens is 328 g/mol. The van der Waals surface area contributed by atoms with Crippen molar-refractivity contribution < 1.29 is 8.42 Å². The van der Waals surface area contributed by atoms with Crippen LogP contribution in [0.25, 0.3) is 0 Å². The first kappa shape index (κ1) is 16.6. The van der Waals surface area contributed by atoms with E-state index in [1.54, 1.807) is 18.2 Å². The van der Waals surface area contributed by atoms with Gasteiger partial charge in [0, 0.05) is 17.1 Å². The van der Waals surface area contributed by atoms with E-state index in [1.165, 1.54) is 0 Å². The zero-order chi connectivity index (χ0) is 14.5. The molecule has 1 aromatic rings. The van der Waals surface area contributed by atoms with Gasteiger partial charge in [-0.05, 0) is 47.0 Å². The summed E-state index contributed by atoms with van der Waals surface area (Å²) < 4.78 is 27.8. The van der Waals surface area contributed by atoms with Crippen LogP contribution in [0, 0.1) is 6.92 Å². The van der Waals surface area contributed by atoms with Gasteiger partial charge < -0.3 is 5.73 Å². The molecule has 3 N–H and O–H groups in total. The summed E-state index contributed by atoms with van der Waals surface area (Å²) in [5, 5.41) is 0. The summed E-state index contributed by atoms with van der Waals surface area (Å²) in [6.07, 6.45) is 2.74. The van der Waals surface area contributed by atoms with E-state index >= 15 is 0 Å². The molecule has 0 spiro atoms. The summed E-state index contributed by atoms with van der Waals surface area (Å²) in [5.74, 6) is 0. The lowest BCUT2D eigenvalue weighted by Gasteiger charge is -2.17. The monoisotopic (exact) mass is 348 g/mol. The average Bonchev–Trinajstić information content (AvgIpc) is 2.33. The maximum absolute atomic E-state index is 12.3. The summed E-state index contributed by atoms with van der Waals surface area (Å²) in [6.45, 7) is 4.29. The Morgan fingerprint density at radius 1 is 1.42 bits per heavy atom. The summed E-state index contributed by atoms with van der Waals surface area (Å²) in [4.78, 5) is 0.257. The molecule has 19 heavy (non-hydrogen) atoms. The number of aryl methyl sites for hydroxylation is 1. The lowest BCUT2D eigenvalue weighted by Crippen LogP contribution is -2.40. The van der Waals surface area contributed by atoms with Crippen LogP contribution in [0.15, 0.2) is 27.6 Å². The first-order chi connectivity index (χ1) is 8.90. The molecule has 0 aliphatic carbocycles. The Kier molecular flexibility index (Phi) is 6.46. The highest BCUT2D eigenvalue weighted by atomic mass is 79.9. The number of hydrogen-bond acceptors (Lipinski definition) is 3. The molecule has 0 saturated heterocycles. The first-order valence-electron chi connectivity index (χ1n) is 6.39. The lowest BCUT2D eigenvalue weighted by atomic mass is 10.1. The molecule has 0 bridgehead atoms. The van der Waals surface area contributed by atoms with E-state index in [0.717, 1.165) is 24.8 Å². The van der Waals surface area contributed by atoms with Crippen LogP contribution in [0.2, 0.25) is 0 Å². The summed E-state index contributed by atoms with van der Waals surface area (Å²) in [5.41, 5.74) is 6.63. The Balaban J connectivity index is 2.90. The highest BCUT2D eigenvalue weighted by Gasteiger charge is 2.21. The van der Waals surface area contributed by atoms with Gasteiger partial charge in [0.1, 0.15) is 0 Å². The van der Waals surface area contributed by atoms with Crippen molar-refractivity contribution in [2.45, 2.75) is 44.0 Å². The normalized spacial score (nSPS) is 13.5. The molecule has 0 aliphatic rings. The van der Waals surface area contributed by atoms with Gasteiger partial charge in [-0.2, -0.15) is 0 Å². The number of nitrogens with two attached hydrogens (primary N) is 1. The van der Waals surface area contributed by atoms with Gasteiger partial charge in [-0.25, -0.2) is 13.1 Å². The first-order valence-corrected chi connectivity index (χ1v) is 8.67. The fourth-order valence-corrected chi connectivity index (χ4v) is 4.26. The number of sulfonamides is 1. The number of benzene rings is 1. The molecule has 1 aromatic carbocycles. The van der Waals surface area contributed by atoms with Crippen molar-refractivity contribution in [1.29, 1.82) is 0 Å².